The molecule has 0 spiro atoms. The van der Waals surface area contributed by atoms with Gasteiger partial charge in [0, 0.05) is 29.8 Å². The van der Waals surface area contributed by atoms with Gasteiger partial charge in [-0.15, -0.1) is 0 Å². The van der Waals surface area contributed by atoms with E-state index in [0.29, 0.717) is 22.9 Å². The molecule has 5 aromatic rings. The van der Waals surface area contributed by atoms with E-state index in [1.165, 1.54) is 59.3 Å². The Morgan fingerprint density at radius 3 is 2.58 bits per heavy atom. The lowest BCUT2D eigenvalue weighted by Gasteiger charge is -2.23. The van der Waals surface area contributed by atoms with Gasteiger partial charge in [0.2, 0.25) is 0 Å². The van der Waals surface area contributed by atoms with Crippen molar-refractivity contribution < 1.29 is 18.3 Å². The van der Waals surface area contributed by atoms with Crippen LogP contribution in [0.1, 0.15) is 34.7 Å². The first-order valence-corrected chi connectivity index (χ1v) is 12.9. The molecular weight excluding hydrogens is 516 g/mol. The average Bonchev–Trinajstić information content (AvgIpc) is 3.45. The van der Waals surface area contributed by atoms with Crippen LogP contribution in [0, 0.1) is 11.6 Å². The lowest BCUT2D eigenvalue weighted by atomic mass is 9.91. The van der Waals surface area contributed by atoms with Crippen LogP contribution in [0.25, 0.3) is 11.2 Å². The molecule has 1 aliphatic heterocycles. The van der Waals surface area contributed by atoms with Gasteiger partial charge in [-0.3, -0.25) is 14.2 Å². The monoisotopic (exact) mass is 541 g/mol. The molecule has 1 amide bonds. The number of hydrogen-bond donors (Lipinski definition) is 2. The smallest absolute Gasteiger partial charge is 0.267 e. The molecule has 3 aromatic heterocycles. The van der Waals surface area contributed by atoms with Crippen molar-refractivity contribution in [3.05, 3.63) is 118 Å². The van der Waals surface area contributed by atoms with Crippen LogP contribution in [0.15, 0.2) is 90.1 Å². The van der Waals surface area contributed by atoms with Crippen LogP contribution in [-0.4, -0.2) is 33.2 Å². The largest absolute Gasteiger partial charge is 0.452 e. The number of carbonyl (C=O) groups excluding carboxylic acids is 1. The number of pyridine rings is 2. The van der Waals surface area contributed by atoms with Crippen LogP contribution in [0.5, 0.6) is 11.5 Å². The summed E-state index contributed by atoms with van der Waals surface area (Å²) in [6, 6.07) is 16.0. The van der Waals surface area contributed by atoms with E-state index < -0.39 is 23.1 Å². The summed E-state index contributed by atoms with van der Waals surface area (Å²) in [7, 11) is 0. The van der Waals surface area contributed by atoms with E-state index in [2.05, 4.69) is 15.7 Å². The zero-order valence-corrected chi connectivity index (χ0v) is 21.3. The lowest BCUT2D eigenvalue weighted by Crippen LogP contribution is -2.27. The highest BCUT2D eigenvalue weighted by Gasteiger charge is 2.19. The summed E-state index contributed by atoms with van der Waals surface area (Å²) in [5, 5.41) is 10.3. The first kappa shape index (κ1) is 25.4. The maximum atomic E-state index is 15.2. The number of nitrogens with one attached hydrogen (secondary N) is 2. The SMILES string of the molecule is O=C(Nc1ccc(Oc2cc(C3CCNCC3)cn3nccc23)c(F)c1)c1cccn(-c2ccc(F)cc2)c1=O. The summed E-state index contributed by atoms with van der Waals surface area (Å²) < 4.78 is 37.4. The third-order valence-corrected chi connectivity index (χ3v) is 7.01. The predicted octanol–water partition coefficient (Wildman–Crippen LogP) is 5.28. The van der Waals surface area contributed by atoms with Crippen molar-refractivity contribution in [1.29, 1.82) is 0 Å². The molecule has 1 aliphatic rings. The van der Waals surface area contributed by atoms with Crippen molar-refractivity contribution >= 4 is 17.1 Å². The number of hydrogen-bond acceptors (Lipinski definition) is 5. The maximum absolute atomic E-state index is 15.2. The van der Waals surface area contributed by atoms with Gasteiger partial charge in [-0.05, 0) is 98.1 Å². The van der Waals surface area contributed by atoms with Crippen molar-refractivity contribution in [3.63, 3.8) is 0 Å². The number of fused-ring (bicyclic) bond motifs is 1. The first-order valence-electron chi connectivity index (χ1n) is 12.9. The van der Waals surface area contributed by atoms with Gasteiger partial charge in [-0.2, -0.15) is 5.10 Å². The molecule has 6 rings (SSSR count). The normalized spacial score (nSPS) is 13.8. The molecular formula is C30H25F2N5O3. The summed E-state index contributed by atoms with van der Waals surface area (Å²) >= 11 is 0. The van der Waals surface area contributed by atoms with Gasteiger partial charge in [0.1, 0.15) is 16.9 Å². The second-order valence-electron chi connectivity index (χ2n) is 9.60. The standard InChI is InChI=1S/C30H25F2N5O3/c31-21-3-6-23(7-4-21)36-15-1-2-24(30(36)39)29(38)35-22-5-8-27(25(32)17-22)40-28-16-20(19-9-12-33-13-10-19)18-37-26(28)11-14-34-37/h1-8,11,14-19,33H,9-10,12-13H2,(H,35,38). The zero-order chi connectivity index (χ0) is 27.6. The molecule has 2 N–H and O–H groups in total. The highest BCUT2D eigenvalue weighted by atomic mass is 19.1. The summed E-state index contributed by atoms with van der Waals surface area (Å²) in [6.45, 7) is 1.87. The third-order valence-electron chi connectivity index (χ3n) is 7.01. The van der Waals surface area contributed by atoms with Crippen LogP contribution < -0.4 is 20.9 Å². The molecule has 8 nitrogen and oxygen atoms in total. The molecule has 0 bridgehead atoms. The van der Waals surface area contributed by atoms with E-state index in [-0.39, 0.29) is 17.0 Å². The number of benzene rings is 2. The second-order valence-corrected chi connectivity index (χ2v) is 9.60. The Hall–Kier alpha value is -4.83. The van der Waals surface area contributed by atoms with E-state index in [1.54, 1.807) is 16.8 Å². The number of amides is 1. The number of ether oxygens (including phenoxy) is 1. The molecule has 40 heavy (non-hydrogen) atoms. The van der Waals surface area contributed by atoms with E-state index in [4.69, 9.17) is 4.74 Å². The van der Waals surface area contributed by atoms with E-state index >= 15 is 4.39 Å². The molecule has 1 fully saturated rings. The Morgan fingerprint density at radius 2 is 1.80 bits per heavy atom. The van der Waals surface area contributed by atoms with Crippen molar-refractivity contribution in [3.8, 4) is 17.2 Å². The summed E-state index contributed by atoms with van der Waals surface area (Å²) in [5.41, 5.74) is 1.60. The molecule has 0 saturated carbocycles. The number of rotatable bonds is 6. The summed E-state index contributed by atoms with van der Waals surface area (Å²) in [5.74, 6) is -1.00. The fraction of sp³-hybridized carbons (Fsp3) is 0.167. The highest BCUT2D eigenvalue weighted by Crippen LogP contribution is 2.34. The van der Waals surface area contributed by atoms with Gasteiger partial charge in [0.15, 0.2) is 17.3 Å². The predicted molar refractivity (Wildman–Crippen MR) is 146 cm³/mol. The number of halogens is 2. The van der Waals surface area contributed by atoms with Crippen molar-refractivity contribution in [1.82, 2.24) is 19.5 Å². The van der Waals surface area contributed by atoms with Crippen molar-refractivity contribution in [2.75, 3.05) is 18.4 Å². The van der Waals surface area contributed by atoms with Crippen LogP contribution in [0.4, 0.5) is 14.5 Å². The van der Waals surface area contributed by atoms with Gasteiger partial charge in [-0.1, -0.05) is 0 Å². The van der Waals surface area contributed by atoms with Crippen LogP contribution in [0.2, 0.25) is 0 Å². The Balaban J connectivity index is 1.22. The molecule has 0 aliphatic carbocycles. The summed E-state index contributed by atoms with van der Waals surface area (Å²) in [4.78, 5) is 25.9. The van der Waals surface area contributed by atoms with Gasteiger partial charge < -0.3 is 15.4 Å². The topological polar surface area (TPSA) is 89.7 Å². The number of aromatic nitrogens is 3. The minimum Gasteiger partial charge on any atom is -0.452 e. The van der Waals surface area contributed by atoms with Gasteiger partial charge in [0.25, 0.3) is 11.5 Å². The van der Waals surface area contributed by atoms with Crippen LogP contribution in [-0.2, 0) is 0 Å². The van der Waals surface area contributed by atoms with Crippen molar-refractivity contribution in [2.45, 2.75) is 18.8 Å². The first-order chi connectivity index (χ1) is 19.5. The van der Waals surface area contributed by atoms with Crippen molar-refractivity contribution in [2.24, 2.45) is 0 Å². The van der Waals surface area contributed by atoms with Gasteiger partial charge >= 0.3 is 0 Å². The Labute approximate surface area is 227 Å². The quantitative estimate of drug-likeness (QED) is 0.306. The van der Waals surface area contributed by atoms with Gasteiger partial charge in [0.05, 0.1) is 6.20 Å². The number of anilines is 1. The lowest BCUT2D eigenvalue weighted by molar-refractivity contribution is 0.102. The van der Waals surface area contributed by atoms with E-state index in [9.17, 15) is 14.0 Å². The van der Waals surface area contributed by atoms with E-state index in [0.717, 1.165) is 37.6 Å². The average molecular weight is 542 g/mol. The summed E-state index contributed by atoms with van der Waals surface area (Å²) in [6.07, 6.45) is 7.12. The minimum absolute atomic E-state index is 0.0121. The Morgan fingerprint density at radius 1 is 1.00 bits per heavy atom. The fourth-order valence-electron chi connectivity index (χ4n) is 4.93. The molecule has 202 valence electrons. The van der Waals surface area contributed by atoms with E-state index in [1.807, 2.05) is 12.3 Å². The fourth-order valence-corrected chi connectivity index (χ4v) is 4.93. The highest BCUT2D eigenvalue weighted by molar-refractivity contribution is 6.04. The molecule has 10 heteroatoms. The molecule has 0 unspecified atom stereocenters. The number of nitrogens with zero attached hydrogens (tertiary/aromatic N) is 3. The number of carbonyl (C=O) groups is 1. The Kier molecular flexibility index (Phi) is 6.83. The number of piperidine rings is 1. The molecule has 1 saturated heterocycles. The van der Waals surface area contributed by atoms with Crippen LogP contribution in [0.3, 0.4) is 0 Å². The molecule has 2 aromatic carbocycles. The zero-order valence-electron chi connectivity index (χ0n) is 21.3. The molecule has 0 atom stereocenters. The third kappa shape index (κ3) is 5.08. The van der Waals surface area contributed by atoms with Crippen LogP contribution >= 0.6 is 0 Å². The maximum Gasteiger partial charge on any atom is 0.267 e. The Bertz CT molecular complexity index is 1760. The molecule has 0 radical (unpaired) electrons. The minimum atomic E-state index is -0.704. The molecule has 4 heterocycles. The van der Waals surface area contributed by atoms with Gasteiger partial charge in [-0.25, -0.2) is 13.3 Å². The second kappa shape index (κ2) is 10.7.